The second-order valence-electron chi connectivity index (χ2n) is 1.86. The maximum absolute atomic E-state index is 8.30. The average Bonchev–Trinajstić information content (AvgIpc) is 1.81. The van der Waals surface area contributed by atoms with Crippen molar-refractivity contribution in [1.29, 1.82) is 0 Å². The third kappa shape index (κ3) is 16.1. The van der Waals surface area contributed by atoms with Gasteiger partial charge in [0.15, 0.2) is 0 Å². The topological polar surface area (TPSA) is 69.0 Å². The summed E-state index contributed by atoms with van der Waals surface area (Å²) in [5.41, 5.74) is 0. The molecule has 0 saturated heterocycles. The van der Waals surface area contributed by atoms with Crippen molar-refractivity contribution in [3.05, 3.63) is 0 Å². The van der Waals surface area contributed by atoms with Gasteiger partial charge in [0.05, 0.1) is 0 Å². The van der Waals surface area contributed by atoms with Gasteiger partial charge in [0.2, 0.25) is 0 Å². The van der Waals surface area contributed by atoms with Crippen molar-refractivity contribution in [2.24, 2.45) is 0 Å². The molecule has 0 bridgehead atoms. The van der Waals surface area contributed by atoms with Gasteiger partial charge >= 0.3 is 37.7 Å². The fourth-order valence-corrected chi connectivity index (χ4v) is 0.577. The molecule has 0 spiro atoms. The van der Waals surface area contributed by atoms with E-state index in [0.29, 0.717) is 0 Å². The minimum atomic E-state index is 0. The van der Waals surface area contributed by atoms with Crippen LogP contribution in [0.2, 0.25) is 0 Å². The van der Waals surface area contributed by atoms with E-state index in [0.717, 1.165) is 25.7 Å². The van der Waals surface area contributed by atoms with Gasteiger partial charge in [-0.3, -0.25) is 0 Å². The summed E-state index contributed by atoms with van der Waals surface area (Å²) in [6.45, 7) is 0.566. The molecule has 0 aromatic rings. The van der Waals surface area contributed by atoms with Crippen LogP contribution in [0.5, 0.6) is 0 Å². The number of hydrogen-bond donors (Lipinski definition) is 2. The quantitative estimate of drug-likeness (QED) is 0.456. The molecule has 10 heavy (non-hydrogen) atoms. The van der Waals surface area contributed by atoms with Gasteiger partial charge in [-0.1, -0.05) is 12.8 Å². The predicted octanol–water partition coefficient (Wildman–Crippen LogP) is 0.0318. The zero-order valence-corrected chi connectivity index (χ0v) is 8.46. The summed E-state index contributed by atoms with van der Waals surface area (Å²) in [5.74, 6) is 0. The number of rotatable bonds is 5. The van der Waals surface area contributed by atoms with E-state index in [4.69, 9.17) is 10.2 Å². The minimum Gasteiger partial charge on any atom is -2.00 e. The Morgan fingerprint density at radius 3 is 1.20 bits per heavy atom. The molecule has 2 N–H and O–H groups in total. The van der Waals surface area contributed by atoms with E-state index >= 15 is 0 Å². The Morgan fingerprint density at radius 1 is 0.700 bits per heavy atom. The molecule has 0 heterocycles. The summed E-state index contributed by atoms with van der Waals surface area (Å²) in [6.07, 6.45) is 3.83. The minimum absolute atomic E-state index is 0. The summed E-state index contributed by atoms with van der Waals surface area (Å²) in [6, 6.07) is 0. The van der Waals surface area contributed by atoms with Crippen LogP contribution in [0.25, 0.3) is 0 Å². The number of aliphatic hydroxyl groups is 2. The molecule has 3 nitrogen and oxygen atoms in total. The number of unbranched alkanes of at least 4 members (excludes halogenated alkanes) is 3. The molecule has 0 rings (SSSR count). The first-order valence-corrected chi connectivity index (χ1v) is 3.13. The first-order chi connectivity index (χ1) is 3.91. The van der Waals surface area contributed by atoms with Crippen LogP contribution in [0, 0.1) is 0 Å². The van der Waals surface area contributed by atoms with Crippen molar-refractivity contribution in [3.8, 4) is 0 Å². The molecule has 0 aromatic carbocycles. The first kappa shape index (κ1) is 17.3. The van der Waals surface area contributed by atoms with Crippen LogP contribution in [-0.2, 0) is 5.48 Å². The van der Waals surface area contributed by atoms with E-state index < -0.39 is 0 Å². The molecule has 0 aliphatic rings. The molecule has 0 saturated carbocycles. The summed E-state index contributed by atoms with van der Waals surface area (Å²) in [4.78, 5) is 0. The third-order valence-corrected chi connectivity index (χ3v) is 1.07. The fraction of sp³-hybridized carbons (Fsp3) is 1.00. The molecular weight excluding hydrogens is 160 g/mol. The largest absolute Gasteiger partial charge is 2.00 e. The Balaban J connectivity index is -0.000000245. The molecule has 0 aromatic heterocycles. The van der Waals surface area contributed by atoms with Crippen LogP contribution >= 0.6 is 0 Å². The Hall–Kier alpha value is 1.14. The van der Waals surface area contributed by atoms with E-state index in [1.807, 2.05) is 0 Å². The van der Waals surface area contributed by atoms with Crippen LogP contribution in [0.1, 0.15) is 25.7 Å². The first-order valence-electron chi connectivity index (χ1n) is 3.13. The zero-order valence-electron chi connectivity index (χ0n) is 6.25. The predicted molar refractivity (Wildman–Crippen MR) is 39.1 cm³/mol. The summed E-state index contributed by atoms with van der Waals surface area (Å²) in [7, 11) is 0. The summed E-state index contributed by atoms with van der Waals surface area (Å²) >= 11 is 0. The van der Waals surface area contributed by atoms with E-state index in [-0.39, 0.29) is 56.4 Å². The molecule has 0 radical (unpaired) electrons. The molecule has 0 unspecified atom stereocenters. The van der Waals surface area contributed by atoms with Gasteiger partial charge < -0.3 is 15.7 Å². The van der Waals surface area contributed by atoms with Gasteiger partial charge in [-0.2, -0.15) is 0 Å². The standard InChI is InChI=1S/C6H14O2.Ca.O/c7-5-3-1-2-4-6-8;;/h7-8H,1-6H2;;/q;+2;-2. The Labute approximate surface area is 91.7 Å². The third-order valence-electron chi connectivity index (χ3n) is 1.07. The van der Waals surface area contributed by atoms with Crippen molar-refractivity contribution in [3.63, 3.8) is 0 Å². The monoisotopic (exact) mass is 174 g/mol. The van der Waals surface area contributed by atoms with E-state index in [9.17, 15) is 0 Å². The van der Waals surface area contributed by atoms with Gasteiger partial charge in [-0.05, 0) is 12.8 Å². The van der Waals surface area contributed by atoms with Gasteiger partial charge in [0, 0.05) is 13.2 Å². The zero-order chi connectivity index (χ0) is 6.24. The Kier molecular flexibility index (Phi) is 28.7. The van der Waals surface area contributed by atoms with Crippen molar-refractivity contribution in [2.45, 2.75) is 25.7 Å². The van der Waals surface area contributed by atoms with Crippen molar-refractivity contribution >= 4 is 37.7 Å². The molecular formula is C6H14CaO3. The average molecular weight is 174 g/mol. The molecule has 4 heteroatoms. The second-order valence-corrected chi connectivity index (χ2v) is 1.86. The normalized spacial score (nSPS) is 7.80. The molecule has 0 fully saturated rings. The maximum atomic E-state index is 8.30. The molecule has 0 aliphatic heterocycles. The smallest absolute Gasteiger partial charge is 2.00 e. The second kappa shape index (κ2) is 16.6. The fourth-order valence-electron chi connectivity index (χ4n) is 0.577. The van der Waals surface area contributed by atoms with Gasteiger partial charge in [0.1, 0.15) is 0 Å². The van der Waals surface area contributed by atoms with Crippen molar-refractivity contribution in [2.75, 3.05) is 13.2 Å². The van der Waals surface area contributed by atoms with Gasteiger partial charge in [-0.25, -0.2) is 0 Å². The molecule has 0 aliphatic carbocycles. The van der Waals surface area contributed by atoms with E-state index in [1.54, 1.807) is 0 Å². The van der Waals surface area contributed by atoms with Gasteiger partial charge in [-0.15, -0.1) is 0 Å². The molecule has 0 amide bonds. The van der Waals surface area contributed by atoms with Crippen LogP contribution in [0.4, 0.5) is 0 Å². The van der Waals surface area contributed by atoms with Crippen LogP contribution < -0.4 is 0 Å². The maximum Gasteiger partial charge on any atom is 2.00 e. The summed E-state index contributed by atoms with van der Waals surface area (Å²) in [5, 5.41) is 16.6. The van der Waals surface area contributed by atoms with Crippen LogP contribution in [-0.4, -0.2) is 61.2 Å². The number of aliphatic hydroxyl groups excluding tert-OH is 2. The van der Waals surface area contributed by atoms with Gasteiger partial charge in [0.25, 0.3) is 0 Å². The SMILES string of the molecule is OCCCCCCO.[Ca+2].[O-2]. The summed E-state index contributed by atoms with van der Waals surface area (Å²) < 4.78 is 0. The van der Waals surface area contributed by atoms with E-state index in [1.165, 1.54) is 0 Å². The molecule has 58 valence electrons. The van der Waals surface area contributed by atoms with Crippen molar-refractivity contribution < 1.29 is 15.7 Å². The van der Waals surface area contributed by atoms with Crippen molar-refractivity contribution in [1.82, 2.24) is 0 Å². The molecule has 0 atom stereocenters. The Morgan fingerprint density at radius 2 is 1.00 bits per heavy atom. The van der Waals surface area contributed by atoms with Crippen LogP contribution in [0.15, 0.2) is 0 Å². The Bertz CT molecular complexity index is 38.0. The number of hydrogen-bond acceptors (Lipinski definition) is 2. The van der Waals surface area contributed by atoms with Crippen LogP contribution in [0.3, 0.4) is 0 Å². The van der Waals surface area contributed by atoms with E-state index in [2.05, 4.69) is 0 Å².